The first-order valence-electron chi connectivity index (χ1n) is 5.22. The standard InChI is InChI=1S/C12H14BrFO/c13-12-5-6-15-8-10(12)7-9-1-3-11(14)4-2-9/h1-4,10,12H,5-8H2. The number of hydrogen-bond acceptors (Lipinski definition) is 1. The second-order valence-electron chi connectivity index (χ2n) is 3.97. The predicted molar refractivity (Wildman–Crippen MR) is 61.7 cm³/mol. The van der Waals surface area contributed by atoms with Gasteiger partial charge in [-0.25, -0.2) is 4.39 Å². The fourth-order valence-electron chi connectivity index (χ4n) is 1.88. The van der Waals surface area contributed by atoms with Crippen molar-refractivity contribution < 1.29 is 9.13 Å². The second kappa shape index (κ2) is 5.08. The van der Waals surface area contributed by atoms with Gasteiger partial charge in [-0.1, -0.05) is 28.1 Å². The van der Waals surface area contributed by atoms with Crippen LogP contribution in [0.4, 0.5) is 4.39 Å². The Morgan fingerprint density at radius 2 is 2.07 bits per heavy atom. The van der Waals surface area contributed by atoms with Gasteiger partial charge in [0.1, 0.15) is 5.82 Å². The van der Waals surface area contributed by atoms with Crippen molar-refractivity contribution in [2.24, 2.45) is 5.92 Å². The van der Waals surface area contributed by atoms with Gasteiger partial charge in [-0.05, 0) is 36.5 Å². The lowest BCUT2D eigenvalue weighted by Crippen LogP contribution is -2.29. The summed E-state index contributed by atoms with van der Waals surface area (Å²) >= 11 is 3.67. The van der Waals surface area contributed by atoms with Crippen molar-refractivity contribution in [3.8, 4) is 0 Å². The maximum Gasteiger partial charge on any atom is 0.123 e. The number of rotatable bonds is 2. The minimum absolute atomic E-state index is 0.172. The fourth-order valence-corrected chi connectivity index (χ4v) is 2.41. The van der Waals surface area contributed by atoms with Crippen molar-refractivity contribution in [3.63, 3.8) is 0 Å². The monoisotopic (exact) mass is 272 g/mol. The molecular weight excluding hydrogens is 259 g/mol. The molecule has 2 atom stereocenters. The fraction of sp³-hybridized carbons (Fsp3) is 0.500. The zero-order valence-corrected chi connectivity index (χ0v) is 10.0. The van der Waals surface area contributed by atoms with Gasteiger partial charge in [0.15, 0.2) is 0 Å². The molecule has 15 heavy (non-hydrogen) atoms. The van der Waals surface area contributed by atoms with Gasteiger partial charge in [0.05, 0.1) is 6.61 Å². The summed E-state index contributed by atoms with van der Waals surface area (Å²) in [5.41, 5.74) is 1.18. The van der Waals surface area contributed by atoms with Crippen molar-refractivity contribution in [1.29, 1.82) is 0 Å². The summed E-state index contributed by atoms with van der Waals surface area (Å²) in [6.07, 6.45) is 2.02. The third-order valence-corrected chi connectivity index (χ3v) is 4.00. The van der Waals surface area contributed by atoms with E-state index in [4.69, 9.17) is 4.74 Å². The molecule has 0 aliphatic carbocycles. The van der Waals surface area contributed by atoms with Crippen molar-refractivity contribution in [2.45, 2.75) is 17.7 Å². The molecule has 2 unspecified atom stereocenters. The van der Waals surface area contributed by atoms with E-state index in [0.717, 1.165) is 26.1 Å². The lowest BCUT2D eigenvalue weighted by molar-refractivity contribution is 0.0605. The summed E-state index contributed by atoms with van der Waals surface area (Å²) < 4.78 is 18.2. The average Bonchev–Trinajstić information content (AvgIpc) is 2.25. The van der Waals surface area contributed by atoms with Gasteiger partial charge in [-0.2, -0.15) is 0 Å². The molecule has 0 bridgehead atoms. The molecule has 1 fully saturated rings. The molecule has 0 N–H and O–H groups in total. The Morgan fingerprint density at radius 3 is 2.73 bits per heavy atom. The van der Waals surface area contributed by atoms with E-state index in [-0.39, 0.29) is 5.82 Å². The third kappa shape index (κ3) is 3.02. The molecule has 0 spiro atoms. The molecule has 1 aliphatic rings. The van der Waals surface area contributed by atoms with E-state index >= 15 is 0 Å². The van der Waals surface area contributed by atoms with Crippen LogP contribution in [0.3, 0.4) is 0 Å². The van der Waals surface area contributed by atoms with Crippen LogP contribution in [0.15, 0.2) is 24.3 Å². The summed E-state index contributed by atoms with van der Waals surface area (Å²) in [5.74, 6) is 0.332. The molecule has 1 aliphatic heterocycles. The van der Waals surface area contributed by atoms with E-state index in [9.17, 15) is 4.39 Å². The Bertz CT molecular complexity index is 312. The summed E-state index contributed by atoms with van der Waals surface area (Å²) in [4.78, 5) is 0.524. The highest BCUT2D eigenvalue weighted by Gasteiger charge is 2.23. The summed E-state index contributed by atoms with van der Waals surface area (Å²) in [6.45, 7) is 1.64. The molecule has 1 nitrogen and oxygen atoms in total. The normalized spacial score (nSPS) is 26.5. The Morgan fingerprint density at radius 1 is 1.33 bits per heavy atom. The second-order valence-corrected chi connectivity index (χ2v) is 5.15. The van der Waals surface area contributed by atoms with E-state index in [0.29, 0.717) is 10.7 Å². The Kier molecular flexibility index (Phi) is 3.76. The van der Waals surface area contributed by atoms with Crippen LogP contribution in [0, 0.1) is 11.7 Å². The Labute approximate surface area is 97.8 Å². The van der Waals surface area contributed by atoms with Gasteiger partial charge in [0, 0.05) is 11.4 Å². The first kappa shape index (κ1) is 11.1. The topological polar surface area (TPSA) is 9.23 Å². The molecular formula is C12H14BrFO. The number of halogens is 2. The molecule has 1 aromatic carbocycles. The van der Waals surface area contributed by atoms with Crippen LogP contribution < -0.4 is 0 Å². The first-order chi connectivity index (χ1) is 7.25. The van der Waals surface area contributed by atoms with E-state index < -0.39 is 0 Å². The minimum Gasteiger partial charge on any atom is -0.381 e. The zero-order valence-electron chi connectivity index (χ0n) is 8.46. The molecule has 1 aromatic rings. The smallest absolute Gasteiger partial charge is 0.123 e. The molecule has 0 radical (unpaired) electrons. The van der Waals surface area contributed by atoms with Crippen LogP contribution in [0.2, 0.25) is 0 Å². The van der Waals surface area contributed by atoms with Gasteiger partial charge in [-0.3, -0.25) is 0 Å². The predicted octanol–water partition coefficient (Wildman–Crippen LogP) is 3.17. The third-order valence-electron chi connectivity index (χ3n) is 2.79. The number of benzene rings is 1. The van der Waals surface area contributed by atoms with Gasteiger partial charge in [0.2, 0.25) is 0 Å². The van der Waals surface area contributed by atoms with Crippen molar-refractivity contribution in [1.82, 2.24) is 0 Å². The maximum atomic E-state index is 12.7. The lowest BCUT2D eigenvalue weighted by atomic mass is 9.94. The van der Waals surface area contributed by atoms with Gasteiger partial charge in [0.25, 0.3) is 0 Å². The lowest BCUT2D eigenvalue weighted by Gasteiger charge is -2.27. The number of ether oxygens (including phenoxy) is 1. The Balaban J connectivity index is 1.98. The van der Waals surface area contributed by atoms with Crippen molar-refractivity contribution >= 4 is 15.9 Å². The molecule has 3 heteroatoms. The highest BCUT2D eigenvalue weighted by Crippen LogP contribution is 2.25. The summed E-state index contributed by atoms with van der Waals surface area (Å²) in [6, 6.07) is 6.73. The minimum atomic E-state index is -0.172. The van der Waals surface area contributed by atoms with Gasteiger partial charge < -0.3 is 4.74 Å². The zero-order chi connectivity index (χ0) is 10.7. The van der Waals surface area contributed by atoms with Crippen LogP contribution in [-0.2, 0) is 11.2 Å². The SMILES string of the molecule is Fc1ccc(CC2COCCC2Br)cc1. The molecule has 2 rings (SSSR count). The quantitative estimate of drug-likeness (QED) is 0.752. The summed E-state index contributed by atoms with van der Waals surface area (Å²) in [7, 11) is 0. The van der Waals surface area contributed by atoms with Crippen LogP contribution in [-0.4, -0.2) is 18.0 Å². The van der Waals surface area contributed by atoms with Gasteiger partial charge in [-0.15, -0.1) is 0 Å². The summed E-state index contributed by atoms with van der Waals surface area (Å²) in [5, 5.41) is 0. The number of alkyl halides is 1. The van der Waals surface area contributed by atoms with Crippen LogP contribution >= 0.6 is 15.9 Å². The Hall–Kier alpha value is -0.410. The van der Waals surface area contributed by atoms with Crippen molar-refractivity contribution in [2.75, 3.05) is 13.2 Å². The molecule has 0 aromatic heterocycles. The van der Waals surface area contributed by atoms with Crippen LogP contribution in [0.1, 0.15) is 12.0 Å². The first-order valence-corrected chi connectivity index (χ1v) is 6.13. The molecule has 0 saturated carbocycles. The molecule has 1 saturated heterocycles. The van der Waals surface area contributed by atoms with Gasteiger partial charge >= 0.3 is 0 Å². The molecule has 82 valence electrons. The van der Waals surface area contributed by atoms with E-state index in [1.54, 1.807) is 0 Å². The number of hydrogen-bond donors (Lipinski definition) is 0. The van der Waals surface area contributed by atoms with E-state index in [1.165, 1.54) is 17.7 Å². The van der Waals surface area contributed by atoms with Crippen LogP contribution in [0.25, 0.3) is 0 Å². The largest absolute Gasteiger partial charge is 0.381 e. The van der Waals surface area contributed by atoms with Crippen molar-refractivity contribution in [3.05, 3.63) is 35.6 Å². The highest BCUT2D eigenvalue weighted by atomic mass is 79.9. The molecule has 1 heterocycles. The van der Waals surface area contributed by atoms with Crippen LogP contribution in [0.5, 0.6) is 0 Å². The average molecular weight is 273 g/mol. The van der Waals surface area contributed by atoms with E-state index in [2.05, 4.69) is 15.9 Å². The maximum absolute atomic E-state index is 12.7. The highest BCUT2D eigenvalue weighted by molar-refractivity contribution is 9.09. The van der Waals surface area contributed by atoms with E-state index in [1.807, 2.05) is 12.1 Å². The molecule has 0 amide bonds.